The molecule has 1 aromatic heterocycles. The van der Waals surface area contributed by atoms with Gasteiger partial charge in [0.15, 0.2) is 5.16 Å². The fourth-order valence-electron chi connectivity index (χ4n) is 1.64. The summed E-state index contributed by atoms with van der Waals surface area (Å²) < 4.78 is 0. The molecular formula is C13H15Cl2N3OS. The fraction of sp³-hybridized carbons (Fsp3) is 0.385. The molecule has 1 amide bonds. The van der Waals surface area contributed by atoms with Gasteiger partial charge in [-0.1, -0.05) is 41.9 Å². The number of aromatic nitrogens is 2. The van der Waals surface area contributed by atoms with Crippen LogP contribution < -0.4 is 5.32 Å². The van der Waals surface area contributed by atoms with Gasteiger partial charge < -0.3 is 10.3 Å². The molecule has 0 saturated heterocycles. The minimum absolute atomic E-state index is 0.00562. The smallest absolute Gasteiger partial charge is 0.230 e. The van der Waals surface area contributed by atoms with Crippen LogP contribution in [0, 0.1) is 0 Å². The summed E-state index contributed by atoms with van der Waals surface area (Å²) in [5.41, 5.74) is 1.44. The molecule has 0 aliphatic carbocycles. The van der Waals surface area contributed by atoms with Gasteiger partial charge in [0.2, 0.25) is 5.91 Å². The van der Waals surface area contributed by atoms with Crippen molar-refractivity contribution >= 4 is 51.9 Å². The van der Waals surface area contributed by atoms with Crippen LogP contribution in [0.3, 0.4) is 0 Å². The molecule has 0 bridgehead atoms. The van der Waals surface area contributed by atoms with E-state index in [-0.39, 0.29) is 11.9 Å². The first-order valence-electron chi connectivity index (χ1n) is 6.26. The summed E-state index contributed by atoms with van der Waals surface area (Å²) in [6.45, 7) is 4.01. The van der Waals surface area contributed by atoms with Crippen LogP contribution in [0.25, 0.3) is 11.0 Å². The summed E-state index contributed by atoms with van der Waals surface area (Å²) in [6, 6.07) is 3.60. The molecule has 0 unspecified atom stereocenters. The SMILES string of the molecule is CC[C@H](C)NC(=O)CSc1nc2c(Cl)cc(Cl)cc2[nH]1. The zero-order chi connectivity index (χ0) is 14.7. The summed E-state index contributed by atoms with van der Waals surface area (Å²) in [5.74, 6) is 0.309. The molecule has 2 aromatic rings. The second-order valence-electron chi connectivity index (χ2n) is 4.49. The third-order valence-corrected chi connectivity index (χ3v) is 4.22. The first-order chi connectivity index (χ1) is 9.49. The quantitative estimate of drug-likeness (QED) is 0.817. The highest BCUT2D eigenvalue weighted by Crippen LogP contribution is 2.28. The molecule has 2 N–H and O–H groups in total. The van der Waals surface area contributed by atoms with Crippen LogP contribution in [0.15, 0.2) is 17.3 Å². The van der Waals surface area contributed by atoms with Crippen LogP contribution in [0.5, 0.6) is 0 Å². The van der Waals surface area contributed by atoms with Crippen molar-refractivity contribution in [1.82, 2.24) is 15.3 Å². The number of benzene rings is 1. The van der Waals surface area contributed by atoms with Gasteiger partial charge >= 0.3 is 0 Å². The van der Waals surface area contributed by atoms with Gasteiger partial charge in [0, 0.05) is 11.1 Å². The third-order valence-electron chi connectivity index (χ3n) is 2.84. The van der Waals surface area contributed by atoms with Crippen molar-refractivity contribution in [2.45, 2.75) is 31.5 Å². The number of rotatable bonds is 5. The summed E-state index contributed by atoms with van der Waals surface area (Å²) >= 11 is 13.3. The van der Waals surface area contributed by atoms with Crippen molar-refractivity contribution in [3.8, 4) is 0 Å². The van der Waals surface area contributed by atoms with Crippen LogP contribution in [0.2, 0.25) is 10.0 Å². The normalized spacial score (nSPS) is 12.6. The lowest BCUT2D eigenvalue weighted by atomic mass is 10.3. The van der Waals surface area contributed by atoms with Gasteiger partial charge in [0.05, 0.1) is 16.3 Å². The number of hydrogen-bond donors (Lipinski definition) is 2. The van der Waals surface area contributed by atoms with Crippen LogP contribution in [-0.2, 0) is 4.79 Å². The van der Waals surface area contributed by atoms with Gasteiger partial charge in [-0.15, -0.1) is 0 Å². The average molecular weight is 332 g/mol. The Bertz CT molecular complexity index is 629. The lowest BCUT2D eigenvalue weighted by Crippen LogP contribution is -2.33. The molecule has 20 heavy (non-hydrogen) atoms. The average Bonchev–Trinajstić information content (AvgIpc) is 2.79. The summed E-state index contributed by atoms with van der Waals surface area (Å²) in [6.07, 6.45) is 0.912. The van der Waals surface area contributed by atoms with Gasteiger partial charge in [-0.05, 0) is 25.5 Å². The first-order valence-corrected chi connectivity index (χ1v) is 8.00. The summed E-state index contributed by atoms with van der Waals surface area (Å²) in [5, 5.41) is 4.61. The lowest BCUT2D eigenvalue weighted by molar-refractivity contribution is -0.119. The van der Waals surface area contributed by atoms with E-state index in [4.69, 9.17) is 23.2 Å². The second kappa shape index (κ2) is 6.70. The fourth-order valence-corrected chi connectivity index (χ4v) is 2.87. The molecule has 2 rings (SSSR count). The Balaban J connectivity index is 2.04. The Morgan fingerprint density at radius 2 is 2.25 bits per heavy atom. The van der Waals surface area contributed by atoms with Crippen LogP contribution in [-0.4, -0.2) is 27.7 Å². The van der Waals surface area contributed by atoms with Crippen molar-refractivity contribution < 1.29 is 4.79 Å². The van der Waals surface area contributed by atoms with E-state index in [0.29, 0.717) is 26.5 Å². The van der Waals surface area contributed by atoms with Crippen molar-refractivity contribution in [3.63, 3.8) is 0 Å². The number of H-pyrrole nitrogens is 1. The zero-order valence-corrected chi connectivity index (χ0v) is 13.5. The van der Waals surface area contributed by atoms with E-state index in [9.17, 15) is 4.79 Å². The molecule has 108 valence electrons. The monoisotopic (exact) mass is 331 g/mol. The highest BCUT2D eigenvalue weighted by molar-refractivity contribution is 7.99. The molecule has 1 aromatic carbocycles. The van der Waals surface area contributed by atoms with E-state index in [1.165, 1.54) is 11.8 Å². The lowest BCUT2D eigenvalue weighted by Gasteiger charge is -2.10. The van der Waals surface area contributed by atoms with Crippen molar-refractivity contribution in [2.75, 3.05) is 5.75 Å². The maximum absolute atomic E-state index is 11.7. The molecule has 0 fully saturated rings. The topological polar surface area (TPSA) is 57.8 Å². The molecule has 0 radical (unpaired) electrons. The van der Waals surface area contributed by atoms with Crippen LogP contribution in [0.1, 0.15) is 20.3 Å². The number of nitrogens with zero attached hydrogens (tertiary/aromatic N) is 1. The molecule has 1 heterocycles. The number of aromatic amines is 1. The Morgan fingerprint density at radius 3 is 2.95 bits per heavy atom. The molecular weight excluding hydrogens is 317 g/mol. The largest absolute Gasteiger partial charge is 0.353 e. The molecule has 0 spiro atoms. The van der Waals surface area contributed by atoms with Crippen LogP contribution >= 0.6 is 35.0 Å². The van der Waals surface area contributed by atoms with Gasteiger partial charge in [-0.3, -0.25) is 4.79 Å². The molecule has 0 aliphatic heterocycles. The number of fused-ring (bicyclic) bond motifs is 1. The standard InChI is InChI=1S/C13H15Cl2N3OS/c1-3-7(2)16-11(19)6-20-13-17-10-5-8(14)4-9(15)12(10)18-13/h4-5,7H,3,6H2,1-2H3,(H,16,19)(H,17,18)/t7-/m0/s1. The molecule has 7 heteroatoms. The van der Waals surface area contributed by atoms with Gasteiger partial charge in [0.25, 0.3) is 0 Å². The number of nitrogens with one attached hydrogen (secondary N) is 2. The number of amides is 1. The van der Waals surface area contributed by atoms with E-state index >= 15 is 0 Å². The molecule has 1 atom stereocenters. The van der Waals surface area contributed by atoms with E-state index < -0.39 is 0 Å². The Kier molecular flexibility index (Phi) is 5.18. The number of imidazole rings is 1. The number of carbonyl (C=O) groups is 1. The number of hydrogen-bond acceptors (Lipinski definition) is 3. The Hall–Kier alpha value is -0.910. The van der Waals surface area contributed by atoms with E-state index in [0.717, 1.165) is 11.9 Å². The van der Waals surface area contributed by atoms with Gasteiger partial charge in [-0.25, -0.2) is 4.98 Å². The maximum Gasteiger partial charge on any atom is 0.230 e. The summed E-state index contributed by atoms with van der Waals surface area (Å²) in [7, 11) is 0. The minimum Gasteiger partial charge on any atom is -0.353 e. The number of halogens is 2. The predicted molar refractivity (Wildman–Crippen MR) is 84.7 cm³/mol. The number of thioether (sulfide) groups is 1. The minimum atomic E-state index is -0.00562. The third kappa shape index (κ3) is 3.81. The first kappa shape index (κ1) is 15.5. The van der Waals surface area contributed by atoms with Gasteiger partial charge in [0.1, 0.15) is 5.52 Å². The maximum atomic E-state index is 11.7. The zero-order valence-electron chi connectivity index (χ0n) is 11.2. The van der Waals surface area contributed by atoms with E-state index in [1.807, 2.05) is 13.8 Å². The highest BCUT2D eigenvalue weighted by atomic mass is 35.5. The summed E-state index contributed by atoms with van der Waals surface area (Å²) in [4.78, 5) is 19.2. The van der Waals surface area contributed by atoms with Gasteiger partial charge in [-0.2, -0.15) is 0 Å². The van der Waals surface area contributed by atoms with E-state index in [1.54, 1.807) is 12.1 Å². The van der Waals surface area contributed by atoms with Crippen molar-refractivity contribution in [2.24, 2.45) is 0 Å². The molecule has 0 saturated carbocycles. The molecule has 4 nitrogen and oxygen atoms in total. The Labute approximate surface area is 131 Å². The molecule has 0 aliphatic rings. The van der Waals surface area contributed by atoms with E-state index in [2.05, 4.69) is 15.3 Å². The predicted octanol–water partition coefficient (Wildman–Crippen LogP) is 3.88. The number of carbonyl (C=O) groups excluding carboxylic acids is 1. The van der Waals surface area contributed by atoms with Crippen molar-refractivity contribution in [3.05, 3.63) is 22.2 Å². The second-order valence-corrected chi connectivity index (χ2v) is 6.30. The highest BCUT2D eigenvalue weighted by Gasteiger charge is 2.11. The Morgan fingerprint density at radius 1 is 1.50 bits per heavy atom. The van der Waals surface area contributed by atoms with Crippen molar-refractivity contribution in [1.29, 1.82) is 0 Å². The van der Waals surface area contributed by atoms with Crippen LogP contribution in [0.4, 0.5) is 0 Å².